The molecule has 0 aromatic carbocycles. The van der Waals surface area contributed by atoms with Gasteiger partial charge in [0.2, 0.25) is 0 Å². The van der Waals surface area contributed by atoms with Crippen LogP contribution in [0.2, 0.25) is 0 Å². The average molecular weight is 208 g/mol. The van der Waals surface area contributed by atoms with Crippen LogP contribution in [0.15, 0.2) is 0 Å². The third-order valence-electron chi connectivity index (χ3n) is 1.12. The van der Waals surface area contributed by atoms with Crippen LogP contribution in [0.25, 0.3) is 0 Å². The molecule has 0 aliphatic carbocycles. The summed E-state index contributed by atoms with van der Waals surface area (Å²) in [7, 11) is 0. The Bertz CT molecular complexity index is 171. The number of hydrogen-bond donors (Lipinski definition) is 5. The first kappa shape index (κ1) is 15.3. The Kier molecular flexibility index (Phi) is 10.8. The van der Waals surface area contributed by atoms with Gasteiger partial charge in [-0.3, -0.25) is 9.59 Å². The Morgan fingerprint density at radius 1 is 1.29 bits per heavy atom. The van der Waals surface area contributed by atoms with E-state index in [1.165, 1.54) is 0 Å². The Hall–Kier alpha value is -1.18. The summed E-state index contributed by atoms with van der Waals surface area (Å²) in [5, 5.41) is 24.0. The summed E-state index contributed by atoms with van der Waals surface area (Å²) in [4.78, 5) is 19.9. The van der Waals surface area contributed by atoms with Gasteiger partial charge >= 0.3 is 11.9 Å². The molecule has 0 radical (unpaired) electrons. The smallest absolute Gasteiger partial charge is 0.320 e. The lowest BCUT2D eigenvalue weighted by atomic mass is 10.2. The molecule has 0 fully saturated rings. The van der Waals surface area contributed by atoms with Crippen LogP contribution in [0, 0.1) is 0 Å². The van der Waals surface area contributed by atoms with Crippen molar-refractivity contribution in [3.8, 4) is 0 Å². The molecule has 0 rings (SSSR count). The van der Waals surface area contributed by atoms with E-state index in [4.69, 9.17) is 26.8 Å². The highest BCUT2D eigenvalue weighted by molar-refractivity contribution is 5.74. The fraction of sp³-hybridized carbons (Fsp3) is 0.714. The Morgan fingerprint density at radius 2 is 1.71 bits per heavy atom. The van der Waals surface area contributed by atoms with Crippen molar-refractivity contribution in [3.05, 3.63) is 0 Å². The molecular weight excluding hydrogens is 192 g/mol. The zero-order valence-electron chi connectivity index (χ0n) is 7.72. The largest absolute Gasteiger partial charge is 0.481 e. The molecule has 0 heterocycles. The van der Waals surface area contributed by atoms with Crippen LogP contribution in [0.4, 0.5) is 0 Å². The van der Waals surface area contributed by atoms with Crippen LogP contribution < -0.4 is 11.5 Å². The fourth-order valence-electron chi connectivity index (χ4n) is 0.402. The molecule has 7 N–H and O–H groups in total. The Balaban J connectivity index is 0. The molecule has 7 heteroatoms. The third kappa shape index (κ3) is 13.4. The number of carboxylic acid groups (broad SMARTS) is 2. The van der Waals surface area contributed by atoms with Gasteiger partial charge < -0.3 is 26.8 Å². The number of aliphatic carboxylic acids is 2. The number of carbonyl (C=O) groups is 2. The molecule has 1 atom stereocenters. The summed E-state index contributed by atoms with van der Waals surface area (Å²) in [5.41, 5.74) is 9.78. The molecule has 7 nitrogen and oxygen atoms in total. The minimum absolute atomic E-state index is 0.0231. The first-order valence-corrected chi connectivity index (χ1v) is 3.96. The molecule has 0 saturated carbocycles. The highest BCUT2D eigenvalue weighted by Gasteiger charge is 2.12. The van der Waals surface area contributed by atoms with Gasteiger partial charge in [0, 0.05) is 13.0 Å². The average Bonchev–Trinajstić information content (AvgIpc) is 2.14. The summed E-state index contributed by atoms with van der Waals surface area (Å²) >= 11 is 0. The van der Waals surface area contributed by atoms with Gasteiger partial charge in [-0.2, -0.15) is 0 Å². The van der Waals surface area contributed by atoms with Gasteiger partial charge in [-0.15, -0.1) is 0 Å². The van der Waals surface area contributed by atoms with Gasteiger partial charge in [0.1, 0.15) is 6.04 Å². The maximum Gasteiger partial charge on any atom is 0.320 e. The monoisotopic (exact) mass is 208 g/mol. The molecule has 0 aliphatic heterocycles. The first-order chi connectivity index (χ1) is 6.45. The third-order valence-corrected chi connectivity index (χ3v) is 1.12. The van der Waals surface area contributed by atoms with Crippen LogP contribution in [0.5, 0.6) is 0 Å². The molecular formula is C7H16N2O5. The molecule has 0 aromatic heterocycles. The molecule has 0 amide bonds. The van der Waals surface area contributed by atoms with Gasteiger partial charge in [-0.1, -0.05) is 0 Å². The number of aliphatic hydroxyl groups is 1. The maximum absolute atomic E-state index is 9.99. The van der Waals surface area contributed by atoms with Crippen molar-refractivity contribution < 1.29 is 24.9 Å². The lowest BCUT2D eigenvalue weighted by Gasteiger charge is -2.01. The standard InChI is InChI=1S/C5H9NO4.C2H7NO/c6-3(5(9)10)1-2-4(7)8;3-1-2-4/h3H,1-2,6H2,(H,7,8)(H,9,10);4H,1-3H2/t3-;/m1./s1. The van der Waals surface area contributed by atoms with Crippen LogP contribution in [-0.4, -0.2) is 46.5 Å². The zero-order valence-corrected chi connectivity index (χ0v) is 7.72. The SMILES string of the molecule is NCCO.N[C@H](CCC(=O)O)C(=O)O. The van der Waals surface area contributed by atoms with Gasteiger partial charge in [-0.25, -0.2) is 0 Å². The predicted octanol–water partition coefficient (Wildman–Crippen LogP) is -1.80. The second-order valence-corrected chi connectivity index (χ2v) is 2.39. The molecule has 0 unspecified atom stereocenters. The van der Waals surface area contributed by atoms with E-state index in [2.05, 4.69) is 0 Å². The Labute approximate surface area is 81.3 Å². The number of carboxylic acids is 2. The molecule has 14 heavy (non-hydrogen) atoms. The summed E-state index contributed by atoms with van der Waals surface area (Å²) in [6.07, 6.45) is -0.224. The lowest BCUT2D eigenvalue weighted by molar-refractivity contribution is -0.139. The first-order valence-electron chi connectivity index (χ1n) is 3.96. The van der Waals surface area contributed by atoms with Crippen LogP contribution in [0.1, 0.15) is 12.8 Å². The van der Waals surface area contributed by atoms with Crippen LogP contribution in [-0.2, 0) is 9.59 Å². The molecule has 0 spiro atoms. The van der Waals surface area contributed by atoms with Crippen molar-refractivity contribution in [2.24, 2.45) is 11.5 Å². The molecule has 0 aromatic rings. The topological polar surface area (TPSA) is 147 Å². The summed E-state index contributed by atoms with van der Waals surface area (Å²) < 4.78 is 0. The number of rotatable bonds is 5. The fourth-order valence-corrected chi connectivity index (χ4v) is 0.402. The highest BCUT2D eigenvalue weighted by Crippen LogP contribution is 1.93. The minimum Gasteiger partial charge on any atom is -0.481 e. The number of nitrogens with two attached hydrogens (primary N) is 2. The molecule has 0 bridgehead atoms. The predicted molar refractivity (Wildman–Crippen MR) is 48.6 cm³/mol. The summed E-state index contributed by atoms with van der Waals surface area (Å²) in [6, 6.07) is -1.06. The van der Waals surface area contributed by atoms with Crippen molar-refractivity contribution >= 4 is 11.9 Å². The van der Waals surface area contributed by atoms with Crippen molar-refractivity contribution in [2.45, 2.75) is 18.9 Å². The summed E-state index contributed by atoms with van der Waals surface area (Å²) in [5.74, 6) is -2.20. The van der Waals surface area contributed by atoms with E-state index in [-0.39, 0.29) is 19.4 Å². The second-order valence-electron chi connectivity index (χ2n) is 2.39. The van der Waals surface area contributed by atoms with E-state index in [1.807, 2.05) is 0 Å². The van der Waals surface area contributed by atoms with Crippen molar-refractivity contribution in [3.63, 3.8) is 0 Å². The second kappa shape index (κ2) is 9.90. The van der Waals surface area contributed by atoms with Gasteiger partial charge in [0.15, 0.2) is 0 Å². The van der Waals surface area contributed by atoms with E-state index in [0.29, 0.717) is 6.54 Å². The van der Waals surface area contributed by atoms with E-state index in [0.717, 1.165) is 0 Å². The quantitative estimate of drug-likeness (QED) is 0.358. The van der Waals surface area contributed by atoms with E-state index >= 15 is 0 Å². The maximum atomic E-state index is 9.99. The van der Waals surface area contributed by atoms with Crippen molar-refractivity contribution in [1.82, 2.24) is 0 Å². The highest BCUT2D eigenvalue weighted by atomic mass is 16.4. The van der Waals surface area contributed by atoms with Gasteiger partial charge in [0.25, 0.3) is 0 Å². The normalized spacial score (nSPS) is 11.1. The van der Waals surface area contributed by atoms with Crippen molar-refractivity contribution in [1.29, 1.82) is 0 Å². The number of hydrogen-bond acceptors (Lipinski definition) is 5. The zero-order chi connectivity index (χ0) is 11.6. The lowest BCUT2D eigenvalue weighted by Crippen LogP contribution is -2.30. The van der Waals surface area contributed by atoms with E-state index in [1.54, 1.807) is 0 Å². The molecule has 0 aliphatic rings. The van der Waals surface area contributed by atoms with E-state index in [9.17, 15) is 9.59 Å². The number of aliphatic hydroxyl groups excluding tert-OH is 1. The van der Waals surface area contributed by atoms with Crippen molar-refractivity contribution in [2.75, 3.05) is 13.2 Å². The van der Waals surface area contributed by atoms with E-state index < -0.39 is 18.0 Å². The Morgan fingerprint density at radius 3 is 1.93 bits per heavy atom. The van der Waals surface area contributed by atoms with Gasteiger partial charge in [-0.05, 0) is 6.42 Å². The summed E-state index contributed by atoms with van der Waals surface area (Å²) in [6.45, 7) is 0.472. The van der Waals surface area contributed by atoms with Crippen LogP contribution in [0.3, 0.4) is 0 Å². The van der Waals surface area contributed by atoms with Crippen LogP contribution >= 0.6 is 0 Å². The molecule has 84 valence electrons. The molecule has 0 saturated heterocycles. The minimum atomic E-state index is -1.17. The van der Waals surface area contributed by atoms with Gasteiger partial charge in [0.05, 0.1) is 6.61 Å².